The molecule has 0 atom stereocenters. The number of unbranched alkanes of at least 4 members (excludes halogenated alkanes) is 1. The van der Waals surface area contributed by atoms with Crippen molar-refractivity contribution >= 4 is 11.8 Å². The summed E-state index contributed by atoms with van der Waals surface area (Å²) in [6, 6.07) is 4.77. The molecule has 0 aromatic heterocycles. The van der Waals surface area contributed by atoms with Crippen LogP contribution in [0.5, 0.6) is 5.75 Å². The van der Waals surface area contributed by atoms with E-state index in [1.807, 2.05) is 0 Å². The van der Waals surface area contributed by atoms with Crippen molar-refractivity contribution in [3.8, 4) is 5.75 Å². The third-order valence-electron chi connectivity index (χ3n) is 2.94. The summed E-state index contributed by atoms with van der Waals surface area (Å²) in [5, 5.41) is 5.10. The van der Waals surface area contributed by atoms with Crippen LogP contribution in [0.25, 0.3) is 0 Å². The van der Waals surface area contributed by atoms with E-state index in [1.165, 1.54) is 0 Å². The maximum atomic E-state index is 11.8. The smallest absolute Gasteiger partial charge is 0.254 e. The van der Waals surface area contributed by atoms with Gasteiger partial charge in [0.15, 0.2) is 0 Å². The molecule has 21 heavy (non-hydrogen) atoms. The number of benzene rings is 1. The second kappa shape index (κ2) is 8.97. The highest BCUT2D eigenvalue weighted by molar-refractivity contribution is 6.00. The van der Waals surface area contributed by atoms with Gasteiger partial charge in [-0.2, -0.15) is 0 Å². The number of methoxy groups -OCH3 is 1. The monoisotopic (exact) mass is 294 g/mol. The van der Waals surface area contributed by atoms with Gasteiger partial charge in [0.25, 0.3) is 11.8 Å². The van der Waals surface area contributed by atoms with Crippen LogP contribution in [0.3, 0.4) is 0 Å². The van der Waals surface area contributed by atoms with Gasteiger partial charge in [0.1, 0.15) is 5.75 Å². The molecule has 0 aliphatic heterocycles. The van der Waals surface area contributed by atoms with E-state index in [2.05, 4.69) is 10.6 Å². The molecule has 0 heterocycles. The number of nitrogens with one attached hydrogen (secondary N) is 2. The fourth-order valence-electron chi connectivity index (χ4n) is 1.78. The third-order valence-corrected chi connectivity index (χ3v) is 2.94. The quantitative estimate of drug-likeness (QED) is 0.707. The molecule has 0 unspecified atom stereocenters. The lowest BCUT2D eigenvalue weighted by molar-refractivity contribution is 0.0947. The molecule has 1 aromatic carbocycles. The van der Waals surface area contributed by atoms with Crippen LogP contribution in [0.15, 0.2) is 18.2 Å². The minimum absolute atomic E-state index is 0.220. The Labute approximate surface area is 124 Å². The lowest BCUT2D eigenvalue weighted by Crippen LogP contribution is -2.21. The summed E-state index contributed by atoms with van der Waals surface area (Å²) in [5.74, 6) is -0.0547. The van der Waals surface area contributed by atoms with Gasteiger partial charge in [0.05, 0.1) is 12.2 Å². The van der Waals surface area contributed by atoms with Gasteiger partial charge in [-0.25, -0.2) is 0 Å². The topological polar surface area (TPSA) is 76.7 Å². The van der Waals surface area contributed by atoms with Crippen molar-refractivity contribution in [2.75, 3.05) is 34.4 Å². The molecule has 1 aromatic rings. The molecular weight excluding hydrogens is 272 g/mol. The predicted octanol–water partition coefficient (Wildman–Crippen LogP) is 1.21. The van der Waals surface area contributed by atoms with Crippen LogP contribution >= 0.6 is 0 Å². The number of rotatable bonds is 8. The van der Waals surface area contributed by atoms with Gasteiger partial charge in [-0.05, 0) is 31.0 Å². The number of carbonyl (C=O) groups is 2. The Morgan fingerprint density at radius 2 is 1.71 bits per heavy atom. The molecule has 0 aliphatic rings. The number of hydrogen-bond donors (Lipinski definition) is 2. The third kappa shape index (κ3) is 5.07. The van der Waals surface area contributed by atoms with Crippen molar-refractivity contribution in [1.29, 1.82) is 0 Å². The number of carbonyl (C=O) groups excluding carboxylic acids is 2. The molecule has 6 heteroatoms. The molecule has 0 bridgehead atoms. The van der Waals surface area contributed by atoms with Crippen LogP contribution in [0.4, 0.5) is 0 Å². The van der Waals surface area contributed by atoms with E-state index in [1.54, 1.807) is 39.4 Å². The lowest BCUT2D eigenvalue weighted by atomic mass is 10.1. The Morgan fingerprint density at radius 3 is 2.33 bits per heavy atom. The minimum Gasteiger partial charge on any atom is -0.493 e. The Hall–Kier alpha value is -2.08. The molecule has 0 spiro atoms. The van der Waals surface area contributed by atoms with Crippen molar-refractivity contribution in [2.45, 2.75) is 12.8 Å². The van der Waals surface area contributed by atoms with Gasteiger partial charge in [-0.3, -0.25) is 9.59 Å². The van der Waals surface area contributed by atoms with Gasteiger partial charge >= 0.3 is 0 Å². The Kier molecular flexibility index (Phi) is 7.25. The number of ether oxygens (including phenoxy) is 2. The molecule has 0 saturated carbocycles. The van der Waals surface area contributed by atoms with Gasteiger partial charge in [-0.15, -0.1) is 0 Å². The molecule has 0 saturated heterocycles. The average Bonchev–Trinajstić information content (AvgIpc) is 2.53. The average molecular weight is 294 g/mol. The first-order valence-corrected chi connectivity index (χ1v) is 6.84. The molecule has 2 N–H and O–H groups in total. The maximum absolute atomic E-state index is 11.8. The normalized spacial score (nSPS) is 10.0. The zero-order valence-electron chi connectivity index (χ0n) is 12.7. The summed E-state index contributed by atoms with van der Waals surface area (Å²) in [7, 11) is 4.76. The van der Waals surface area contributed by atoms with Crippen LogP contribution in [0.1, 0.15) is 33.6 Å². The molecule has 0 radical (unpaired) electrons. The Morgan fingerprint density at radius 1 is 1.05 bits per heavy atom. The van der Waals surface area contributed by atoms with Gasteiger partial charge < -0.3 is 20.1 Å². The van der Waals surface area contributed by atoms with Crippen LogP contribution in [-0.2, 0) is 4.74 Å². The maximum Gasteiger partial charge on any atom is 0.254 e. The van der Waals surface area contributed by atoms with Gasteiger partial charge in [0, 0.05) is 33.4 Å². The summed E-state index contributed by atoms with van der Waals surface area (Å²) in [6.45, 7) is 1.13. The summed E-state index contributed by atoms with van der Waals surface area (Å²) < 4.78 is 10.6. The largest absolute Gasteiger partial charge is 0.493 e. The van der Waals surface area contributed by atoms with Crippen molar-refractivity contribution in [1.82, 2.24) is 10.6 Å². The molecule has 2 amide bonds. The number of amides is 2. The molecule has 6 nitrogen and oxygen atoms in total. The second-order valence-corrected chi connectivity index (χ2v) is 4.42. The standard InChI is InChI=1S/C15H22N2O4/c1-16-14(18)11-6-7-12(15(19)17-2)13(10-11)21-9-5-4-8-20-3/h6-7,10H,4-5,8-9H2,1-3H3,(H,16,18)(H,17,19). The van der Waals surface area contributed by atoms with E-state index in [0.29, 0.717) is 30.1 Å². The van der Waals surface area contributed by atoms with E-state index >= 15 is 0 Å². The van der Waals surface area contributed by atoms with Crippen molar-refractivity contribution in [3.05, 3.63) is 29.3 Å². The first-order chi connectivity index (χ1) is 10.1. The van der Waals surface area contributed by atoms with Crippen LogP contribution in [0, 0.1) is 0 Å². The molecule has 1 rings (SSSR count). The fraction of sp³-hybridized carbons (Fsp3) is 0.467. The first kappa shape index (κ1) is 17.0. The number of hydrogen-bond acceptors (Lipinski definition) is 4. The Bertz CT molecular complexity index is 489. The zero-order chi connectivity index (χ0) is 15.7. The highest BCUT2D eigenvalue weighted by Crippen LogP contribution is 2.21. The van der Waals surface area contributed by atoms with Crippen molar-refractivity contribution < 1.29 is 19.1 Å². The molecule has 116 valence electrons. The highest BCUT2D eigenvalue weighted by Gasteiger charge is 2.14. The summed E-state index contributed by atoms with van der Waals surface area (Å²) in [4.78, 5) is 23.5. The SMILES string of the molecule is CNC(=O)c1ccc(C(=O)NC)c(OCCCCOC)c1. The first-order valence-electron chi connectivity index (χ1n) is 6.84. The molecular formula is C15H22N2O4. The van der Waals surface area contributed by atoms with E-state index in [9.17, 15) is 9.59 Å². The molecule has 0 fully saturated rings. The van der Waals surface area contributed by atoms with E-state index < -0.39 is 0 Å². The van der Waals surface area contributed by atoms with Crippen molar-refractivity contribution in [2.24, 2.45) is 0 Å². The van der Waals surface area contributed by atoms with E-state index in [-0.39, 0.29) is 11.8 Å². The Balaban J connectivity index is 2.84. The van der Waals surface area contributed by atoms with Crippen LogP contribution in [-0.4, -0.2) is 46.2 Å². The minimum atomic E-state index is -0.245. The fourth-order valence-corrected chi connectivity index (χ4v) is 1.78. The summed E-state index contributed by atoms with van der Waals surface area (Å²) in [6.07, 6.45) is 1.69. The second-order valence-electron chi connectivity index (χ2n) is 4.42. The lowest BCUT2D eigenvalue weighted by Gasteiger charge is -2.12. The van der Waals surface area contributed by atoms with Crippen molar-refractivity contribution in [3.63, 3.8) is 0 Å². The summed E-state index contributed by atoms with van der Waals surface area (Å²) in [5.41, 5.74) is 0.869. The van der Waals surface area contributed by atoms with Gasteiger partial charge in [-0.1, -0.05) is 0 Å². The van der Waals surface area contributed by atoms with Crippen LogP contribution < -0.4 is 15.4 Å². The van der Waals surface area contributed by atoms with E-state index in [0.717, 1.165) is 12.8 Å². The zero-order valence-corrected chi connectivity index (χ0v) is 12.7. The summed E-state index contributed by atoms with van der Waals surface area (Å²) >= 11 is 0. The van der Waals surface area contributed by atoms with E-state index in [4.69, 9.17) is 9.47 Å². The van der Waals surface area contributed by atoms with Crippen LogP contribution in [0.2, 0.25) is 0 Å². The van der Waals surface area contributed by atoms with Gasteiger partial charge in [0.2, 0.25) is 0 Å². The molecule has 0 aliphatic carbocycles. The highest BCUT2D eigenvalue weighted by atomic mass is 16.5. The predicted molar refractivity (Wildman–Crippen MR) is 79.8 cm³/mol.